The minimum atomic E-state index is -0.455. The molecule has 0 fully saturated rings. The number of hydrogen-bond acceptors (Lipinski definition) is 5. The number of amides is 1. The monoisotopic (exact) mass is 331 g/mol. The molecular weight excluding hydrogens is 310 g/mol. The highest BCUT2D eigenvalue weighted by Gasteiger charge is 2.15. The van der Waals surface area contributed by atoms with Gasteiger partial charge in [-0.3, -0.25) is 4.79 Å². The highest BCUT2D eigenvalue weighted by Crippen LogP contribution is 2.15. The van der Waals surface area contributed by atoms with Gasteiger partial charge in [-0.1, -0.05) is 30.3 Å². The molecular formula is C18H21NO5. The topological polar surface area (TPSA) is 77.8 Å². The van der Waals surface area contributed by atoms with E-state index in [1.807, 2.05) is 30.3 Å². The molecule has 0 aliphatic rings. The highest BCUT2D eigenvalue weighted by atomic mass is 16.5. The van der Waals surface area contributed by atoms with Crippen LogP contribution in [-0.2, 0) is 27.4 Å². The Hall–Kier alpha value is -2.60. The molecule has 0 saturated carbocycles. The molecule has 1 aromatic carbocycles. The molecule has 2 rings (SSSR count). The fraction of sp³-hybridized carbons (Fsp3) is 0.333. The number of carbonyl (C=O) groups excluding carboxylic acids is 2. The molecule has 6 nitrogen and oxygen atoms in total. The van der Waals surface area contributed by atoms with E-state index in [2.05, 4.69) is 10.1 Å². The number of nitrogens with one attached hydrogen (secondary N) is 1. The van der Waals surface area contributed by atoms with Crippen LogP contribution in [0.2, 0.25) is 0 Å². The third-order valence-electron chi connectivity index (χ3n) is 3.42. The van der Waals surface area contributed by atoms with Gasteiger partial charge in [0.1, 0.15) is 17.1 Å². The lowest BCUT2D eigenvalue weighted by Gasteiger charge is -2.05. The van der Waals surface area contributed by atoms with Crippen LogP contribution < -0.4 is 5.32 Å². The first kappa shape index (κ1) is 17.7. The Morgan fingerprint density at radius 3 is 2.67 bits per heavy atom. The Labute approximate surface area is 140 Å². The number of furan rings is 1. The average Bonchev–Trinajstić information content (AvgIpc) is 2.98. The van der Waals surface area contributed by atoms with E-state index in [1.165, 1.54) is 7.11 Å². The molecule has 0 atom stereocenters. The maximum absolute atomic E-state index is 11.8. The largest absolute Gasteiger partial charge is 0.465 e. The molecule has 6 heteroatoms. The molecule has 1 amide bonds. The summed E-state index contributed by atoms with van der Waals surface area (Å²) in [5, 5.41) is 2.73. The molecule has 0 bridgehead atoms. The summed E-state index contributed by atoms with van der Waals surface area (Å²) in [5.74, 6) is 0.378. The number of carbonyl (C=O) groups is 2. The van der Waals surface area contributed by atoms with Gasteiger partial charge < -0.3 is 19.2 Å². The fourth-order valence-electron chi connectivity index (χ4n) is 2.15. The van der Waals surface area contributed by atoms with Crippen LogP contribution in [0.15, 0.2) is 40.8 Å². The van der Waals surface area contributed by atoms with Crippen LogP contribution in [0.4, 0.5) is 0 Å². The number of aryl methyl sites for hydroxylation is 1. The number of esters is 1. The summed E-state index contributed by atoms with van der Waals surface area (Å²) in [6.45, 7) is 2.71. The summed E-state index contributed by atoms with van der Waals surface area (Å²) in [6.07, 6.45) is 0.260. The van der Waals surface area contributed by atoms with Gasteiger partial charge in [0.2, 0.25) is 5.91 Å². The number of hydrogen-bond donors (Lipinski definition) is 1. The van der Waals surface area contributed by atoms with Crippen molar-refractivity contribution in [2.45, 2.75) is 26.5 Å². The molecule has 0 radical (unpaired) electrons. The minimum Gasteiger partial charge on any atom is -0.465 e. The number of ether oxygens (including phenoxy) is 2. The standard InChI is InChI=1S/C18H21NO5/c1-13-16(18(21)22-2)10-15(24-13)11-19-17(20)8-9-23-12-14-6-4-3-5-7-14/h3-7,10H,8-9,11-12H2,1-2H3,(H,19,20). The zero-order valence-electron chi connectivity index (χ0n) is 13.8. The summed E-state index contributed by atoms with van der Waals surface area (Å²) in [4.78, 5) is 23.3. The maximum Gasteiger partial charge on any atom is 0.341 e. The quantitative estimate of drug-likeness (QED) is 0.594. The third-order valence-corrected chi connectivity index (χ3v) is 3.42. The van der Waals surface area contributed by atoms with Gasteiger partial charge in [-0.15, -0.1) is 0 Å². The fourth-order valence-corrected chi connectivity index (χ4v) is 2.15. The van der Waals surface area contributed by atoms with Crippen molar-refractivity contribution in [2.24, 2.45) is 0 Å². The molecule has 0 saturated heterocycles. The number of rotatable bonds is 8. The van der Waals surface area contributed by atoms with Crippen molar-refractivity contribution in [3.05, 3.63) is 59.0 Å². The van der Waals surface area contributed by atoms with Gasteiger partial charge in [0.05, 0.1) is 26.9 Å². The van der Waals surface area contributed by atoms with Crippen molar-refractivity contribution in [3.63, 3.8) is 0 Å². The first-order valence-corrected chi connectivity index (χ1v) is 7.66. The lowest BCUT2D eigenvalue weighted by molar-refractivity contribution is -0.122. The minimum absolute atomic E-state index is 0.142. The Morgan fingerprint density at radius 1 is 1.21 bits per heavy atom. The zero-order valence-corrected chi connectivity index (χ0v) is 13.8. The predicted octanol–water partition coefficient (Wildman–Crippen LogP) is 2.60. The second-order valence-electron chi connectivity index (χ2n) is 5.24. The Morgan fingerprint density at radius 2 is 1.96 bits per heavy atom. The van der Waals surface area contributed by atoms with Crippen LogP contribution in [0, 0.1) is 6.92 Å². The molecule has 0 aliphatic heterocycles. The van der Waals surface area contributed by atoms with Gasteiger partial charge >= 0.3 is 5.97 Å². The molecule has 1 aromatic heterocycles. The molecule has 1 N–H and O–H groups in total. The second-order valence-corrected chi connectivity index (χ2v) is 5.24. The first-order chi connectivity index (χ1) is 11.6. The van der Waals surface area contributed by atoms with Crippen molar-refractivity contribution >= 4 is 11.9 Å². The lowest BCUT2D eigenvalue weighted by atomic mass is 10.2. The normalized spacial score (nSPS) is 10.4. The Balaban J connectivity index is 1.69. The summed E-state index contributed by atoms with van der Waals surface area (Å²) < 4.78 is 15.5. The summed E-state index contributed by atoms with van der Waals surface area (Å²) in [6, 6.07) is 11.3. The smallest absolute Gasteiger partial charge is 0.341 e. The highest BCUT2D eigenvalue weighted by molar-refractivity contribution is 5.90. The van der Waals surface area contributed by atoms with Crippen molar-refractivity contribution in [3.8, 4) is 0 Å². The molecule has 0 unspecified atom stereocenters. The van der Waals surface area contributed by atoms with Crippen molar-refractivity contribution in [1.82, 2.24) is 5.32 Å². The van der Waals surface area contributed by atoms with Gasteiger partial charge in [0.25, 0.3) is 0 Å². The van der Waals surface area contributed by atoms with Crippen LogP contribution in [0.25, 0.3) is 0 Å². The van der Waals surface area contributed by atoms with Gasteiger partial charge in [0.15, 0.2) is 0 Å². The number of benzene rings is 1. The SMILES string of the molecule is COC(=O)c1cc(CNC(=O)CCOCc2ccccc2)oc1C. The number of methoxy groups -OCH3 is 1. The Bertz CT molecular complexity index is 678. The van der Waals surface area contributed by atoms with Crippen LogP contribution >= 0.6 is 0 Å². The average molecular weight is 331 g/mol. The van der Waals surface area contributed by atoms with Crippen molar-refractivity contribution in [1.29, 1.82) is 0 Å². The predicted molar refractivity (Wildman–Crippen MR) is 87.3 cm³/mol. The summed E-state index contributed by atoms with van der Waals surface area (Å²) in [7, 11) is 1.31. The molecule has 128 valence electrons. The van der Waals surface area contributed by atoms with Gasteiger partial charge in [0, 0.05) is 6.42 Å². The zero-order chi connectivity index (χ0) is 17.4. The van der Waals surface area contributed by atoms with Crippen LogP contribution in [-0.4, -0.2) is 25.6 Å². The van der Waals surface area contributed by atoms with E-state index < -0.39 is 5.97 Å². The third kappa shape index (κ3) is 5.24. The second kappa shape index (κ2) is 8.88. The van der Waals surface area contributed by atoms with E-state index in [4.69, 9.17) is 9.15 Å². The summed E-state index contributed by atoms with van der Waals surface area (Å²) in [5.41, 5.74) is 1.44. The van der Waals surface area contributed by atoms with E-state index in [0.717, 1.165) is 5.56 Å². The van der Waals surface area contributed by atoms with E-state index >= 15 is 0 Å². The maximum atomic E-state index is 11.8. The van der Waals surface area contributed by atoms with Crippen LogP contribution in [0.1, 0.15) is 33.9 Å². The molecule has 0 spiro atoms. The first-order valence-electron chi connectivity index (χ1n) is 7.66. The molecule has 1 heterocycles. The molecule has 2 aromatic rings. The van der Waals surface area contributed by atoms with Crippen molar-refractivity contribution < 1.29 is 23.5 Å². The lowest BCUT2D eigenvalue weighted by Crippen LogP contribution is -2.23. The van der Waals surface area contributed by atoms with Gasteiger partial charge in [-0.05, 0) is 18.6 Å². The van der Waals surface area contributed by atoms with E-state index in [9.17, 15) is 9.59 Å². The van der Waals surface area contributed by atoms with E-state index in [-0.39, 0.29) is 18.9 Å². The van der Waals surface area contributed by atoms with E-state index in [1.54, 1.807) is 13.0 Å². The molecule has 24 heavy (non-hydrogen) atoms. The van der Waals surface area contributed by atoms with Crippen molar-refractivity contribution in [2.75, 3.05) is 13.7 Å². The molecule has 0 aliphatic carbocycles. The van der Waals surface area contributed by atoms with Crippen LogP contribution in [0.3, 0.4) is 0 Å². The summed E-state index contributed by atoms with van der Waals surface area (Å²) >= 11 is 0. The van der Waals surface area contributed by atoms with Gasteiger partial charge in [-0.2, -0.15) is 0 Å². The van der Waals surface area contributed by atoms with Crippen LogP contribution in [0.5, 0.6) is 0 Å². The van der Waals surface area contributed by atoms with E-state index in [0.29, 0.717) is 30.3 Å². The van der Waals surface area contributed by atoms with Gasteiger partial charge in [-0.25, -0.2) is 4.79 Å². The Kier molecular flexibility index (Phi) is 6.57.